The van der Waals surface area contributed by atoms with Gasteiger partial charge in [-0.15, -0.1) is 0 Å². The van der Waals surface area contributed by atoms with Crippen LogP contribution in [0.15, 0.2) is 18.2 Å². The lowest BCUT2D eigenvalue weighted by Crippen LogP contribution is -2.29. The van der Waals surface area contributed by atoms with E-state index in [0.29, 0.717) is 6.04 Å². The first-order valence-corrected chi connectivity index (χ1v) is 7.32. The largest absolute Gasteiger partial charge is 0.493 e. The molecule has 2 heteroatoms. The number of rotatable bonds is 7. The van der Waals surface area contributed by atoms with E-state index >= 15 is 0 Å². The summed E-state index contributed by atoms with van der Waals surface area (Å²) in [6.45, 7) is 6.47. The molecule has 0 saturated carbocycles. The summed E-state index contributed by atoms with van der Waals surface area (Å²) in [7, 11) is 0. The Morgan fingerprint density at radius 3 is 3.00 bits per heavy atom. The van der Waals surface area contributed by atoms with E-state index in [1.54, 1.807) is 0 Å². The predicted molar refractivity (Wildman–Crippen MR) is 76.3 cm³/mol. The molecule has 2 nitrogen and oxygen atoms in total. The zero-order valence-corrected chi connectivity index (χ0v) is 11.7. The molecule has 1 aliphatic heterocycles. The fraction of sp³-hybridized carbons (Fsp3) is 0.625. The molecule has 1 aliphatic rings. The van der Waals surface area contributed by atoms with E-state index in [9.17, 15) is 0 Å². The van der Waals surface area contributed by atoms with Crippen LogP contribution in [0.2, 0.25) is 0 Å². The molecule has 1 atom stereocenters. The zero-order chi connectivity index (χ0) is 12.8. The van der Waals surface area contributed by atoms with Crippen molar-refractivity contribution >= 4 is 0 Å². The van der Waals surface area contributed by atoms with Crippen molar-refractivity contribution < 1.29 is 4.74 Å². The summed E-state index contributed by atoms with van der Waals surface area (Å²) >= 11 is 0. The fourth-order valence-corrected chi connectivity index (χ4v) is 2.61. The van der Waals surface area contributed by atoms with Crippen LogP contribution in [0.1, 0.15) is 44.2 Å². The number of para-hydroxylation sites is 1. The Kier molecular flexibility index (Phi) is 5.06. The molecule has 0 bridgehead atoms. The lowest BCUT2D eigenvalue weighted by atomic mass is 10.0. The van der Waals surface area contributed by atoms with E-state index in [0.717, 1.165) is 26.0 Å². The Hall–Kier alpha value is -1.02. The molecular formula is C16H25NO. The maximum Gasteiger partial charge on any atom is 0.125 e. The van der Waals surface area contributed by atoms with Crippen molar-refractivity contribution in [3.05, 3.63) is 29.3 Å². The van der Waals surface area contributed by atoms with Gasteiger partial charge in [-0.3, -0.25) is 0 Å². The highest BCUT2D eigenvalue weighted by molar-refractivity contribution is 5.44. The highest BCUT2D eigenvalue weighted by Gasteiger charge is 2.16. The molecular weight excluding hydrogens is 222 g/mol. The quantitative estimate of drug-likeness (QED) is 0.798. The number of hydrogen-bond acceptors (Lipinski definition) is 2. The molecule has 1 heterocycles. The lowest BCUT2D eigenvalue weighted by Gasteiger charge is -2.17. The molecule has 1 unspecified atom stereocenters. The Balaban J connectivity index is 1.91. The third-order valence-electron chi connectivity index (χ3n) is 3.73. The summed E-state index contributed by atoms with van der Waals surface area (Å²) in [5, 5.41) is 3.62. The molecule has 0 fully saturated rings. The lowest BCUT2D eigenvalue weighted by molar-refractivity contribution is 0.352. The predicted octanol–water partition coefficient (Wildman–Crippen LogP) is 3.33. The van der Waals surface area contributed by atoms with Crippen LogP contribution in [0.5, 0.6) is 5.75 Å². The Bertz CT molecular complexity index is 375. The van der Waals surface area contributed by atoms with Crippen LogP contribution in [0.4, 0.5) is 0 Å². The number of fused-ring (bicyclic) bond motifs is 1. The monoisotopic (exact) mass is 247 g/mol. The van der Waals surface area contributed by atoms with Crippen LogP contribution < -0.4 is 10.1 Å². The molecule has 0 aliphatic carbocycles. The van der Waals surface area contributed by atoms with Gasteiger partial charge >= 0.3 is 0 Å². The number of aryl methyl sites for hydroxylation is 1. The van der Waals surface area contributed by atoms with E-state index in [4.69, 9.17) is 4.74 Å². The Labute approximate surface area is 111 Å². The second-order valence-electron chi connectivity index (χ2n) is 5.10. The van der Waals surface area contributed by atoms with E-state index in [2.05, 4.69) is 37.4 Å². The van der Waals surface area contributed by atoms with Crippen LogP contribution in [0, 0.1) is 0 Å². The normalized spacial score (nSPS) is 15.2. The molecule has 2 rings (SSSR count). The van der Waals surface area contributed by atoms with Crippen LogP contribution in [-0.4, -0.2) is 19.2 Å². The first-order valence-electron chi connectivity index (χ1n) is 7.32. The topological polar surface area (TPSA) is 21.3 Å². The minimum Gasteiger partial charge on any atom is -0.493 e. The molecule has 100 valence electrons. The number of hydrogen-bond donors (Lipinski definition) is 1. The maximum atomic E-state index is 5.76. The first-order chi connectivity index (χ1) is 8.85. The van der Waals surface area contributed by atoms with Crippen molar-refractivity contribution in [3.63, 3.8) is 0 Å². The van der Waals surface area contributed by atoms with Crippen LogP contribution in [0.3, 0.4) is 0 Å². The van der Waals surface area contributed by atoms with Gasteiger partial charge in [0.25, 0.3) is 0 Å². The SMILES string of the molecule is CCCNC(CC)CCc1cccc2c1OCC2. The molecule has 1 N–H and O–H groups in total. The van der Waals surface area contributed by atoms with Gasteiger partial charge in [0.05, 0.1) is 6.61 Å². The average Bonchev–Trinajstić information content (AvgIpc) is 2.88. The van der Waals surface area contributed by atoms with Gasteiger partial charge in [-0.2, -0.15) is 0 Å². The first kappa shape index (κ1) is 13.4. The van der Waals surface area contributed by atoms with Gasteiger partial charge in [-0.05, 0) is 43.4 Å². The fourth-order valence-electron chi connectivity index (χ4n) is 2.61. The van der Waals surface area contributed by atoms with Crippen molar-refractivity contribution in [1.29, 1.82) is 0 Å². The summed E-state index contributed by atoms with van der Waals surface area (Å²) in [5.74, 6) is 1.17. The summed E-state index contributed by atoms with van der Waals surface area (Å²) in [6.07, 6.45) is 5.82. The molecule has 1 aromatic carbocycles. The summed E-state index contributed by atoms with van der Waals surface area (Å²) < 4.78 is 5.76. The zero-order valence-electron chi connectivity index (χ0n) is 11.7. The second-order valence-corrected chi connectivity index (χ2v) is 5.10. The summed E-state index contributed by atoms with van der Waals surface area (Å²) in [5.41, 5.74) is 2.78. The third kappa shape index (κ3) is 3.26. The number of ether oxygens (including phenoxy) is 1. The van der Waals surface area contributed by atoms with Crippen LogP contribution >= 0.6 is 0 Å². The molecule has 0 radical (unpaired) electrons. The van der Waals surface area contributed by atoms with Gasteiger partial charge in [0, 0.05) is 12.5 Å². The van der Waals surface area contributed by atoms with Gasteiger partial charge in [0.1, 0.15) is 5.75 Å². The number of nitrogens with one attached hydrogen (secondary N) is 1. The highest BCUT2D eigenvalue weighted by Crippen LogP contribution is 2.30. The maximum absolute atomic E-state index is 5.76. The van der Waals surface area contributed by atoms with Crippen molar-refractivity contribution in [2.45, 2.75) is 52.0 Å². The van der Waals surface area contributed by atoms with Gasteiger partial charge in [-0.25, -0.2) is 0 Å². The van der Waals surface area contributed by atoms with Gasteiger partial charge in [0.2, 0.25) is 0 Å². The van der Waals surface area contributed by atoms with Crippen molar-refractivity contribution in [3.8, 4) is 5.75 Å². The smallest absolute Gasteiger partial charge is 0.125 e. The van der Waals surface area contributed by atoms with Crippen LogP contribution in [0.25, 0.3) is 0 Å². The van der Waals surface area contributed by atoms with E-state index in [1.165, 1.54) is 36.1 Å². The molecule has 1 aromatic rings. The minimum absolute atomic E-state index is 0.641. The van der Waals surface area contributed by atoms with E-state index < -0.39 is 0 Å². The standard InChI is InChI=1S/C16H25NO/c1-3-11-17-15(4-2)9-8-13-6-5-7-14-10-12-18-16(13)14/h5-7,15,17H,3-4,8-12H2,1-2H3. The highest BCUT2D eigenvalue weighted by atomic mass is 16.5. The van der Waals surface area contributed by atoms with E-state index in [-0.39, 0.29) is 0 Å². The molecule has 0 amide bonds. The van der Waals surface area contributed by atoms with Crippen LogP contribution in [-0.2, 0) is 12.8 Å². The molecule has 0 spiro atoms. The van der Waals surface area contributed by atoms with Gasteiger partial charge in [-0.1, -0.05) is 32.0 Å². The molecule has 0 saturated heterocycles. The third-order valence-corrected chi connectivity index (χ3v) is 3.73. The van der Waals surface area contributed by atoms with Gasteiger partial charge < -0.3 is 10.1 Å². The van der Waals surface area contributed by atoms with E-state index in [1.807, 2.05) is 0 Å². The molecule has 0 aromatic heterocycles. The minimum atomic E-state index is 0.641. The average molecular weight is 247 g/mol. The Morgan fingerprint density at radius 1 is 1.33 bits per heavy atom. The number of benzene rings is 1. The second kappa shape index (κ2) is 6.79. The van der Waals surface area contributed by atoms with Gasteiger partial charge in [0.15, 0.2) is 0 Å². The van der Waals surface area contributed by atoms with Crippen molar-refractivity contribution in [2.75, 3.05) is 13.2 Å². The molecule has 18 heavy (non-hydrogen) atoms. The summed E-state index contributed by atoms with van der Waals surface area (Å²) in [6, 6.07) is 7.22. The van der Waals surface area contributed by atoms with Crippen molar-refractivity contribution in [1.82, 2.24) is 5.32 Å². The van der Waals surface area contributed by atoms with Crippen molar-refractivity contribution in [2.24, 2.45) is 0 Å². The summed E-state index contributed by atoms with van der Waals surface area (Å²) in [4.78, 5) is 0. The Morgan fingerprint density at radius 2 is 2.22 bits per heavy atom.